The Hall–Kier alpha value is -0.510. The lowest BCUT2D eigenvalue weighted by atomic mass is 10.0. The maximum atomic E-state index is 6.31. The van der Waals surface area contributed by atoms with Gasteiger partial charge in [0, 0.05) is 9.30 Å². The van der Waals surface area contributed by atoms with Gasteiger partial charge in [0.1, 0.15) is 5.75 Å². The number of halogens is 3. The van der Waals surface area contributed by atoms with E-state index in [1.807, 2.05) is 30.3 Å². The molecular formula is C15H13Br2ClO. The zero-order valence-corrected chi connectivity index (χ0v) is 14.3. The van der Waals surface area contributed by atoms with Gasteiger partial charge in [0.25, 0.3) is 0 Å². The third-order valence-electron chi connectivity index (χ3n) is 2.89. The number of alkyl halides is 1. The van der Waals surface area contributed by atoms with Gasteiger partial charge in [-0.3, -0.25) is 0 Å². The highest BCUT2D eigenvalue weighted by atomic mass is 79.9. The average Bonchev–Trinajstić information content (AvgIpc) is 2.42. The number of benzene rings is 2. The van der Waals surface area contributed by atoms with E-state index in [9.17, 15) is 0 Å². The SMILES string of the molecule is COc1ccc(CC(Br)c2cccc(Br)c2Cl)cc1. The van der Waals surface area contributed by atoms with Crippen LogP contribution in [0.3, 0.4) is 0 Å². The molecule has 0 saturated heterocycles. The highest BCUT2D eigenvalue weighted by Gasteiger charge is 2.13. The van der Waals surface area contributed by atoms with Crippen molar-refractivity contribution in [1.29, 1.82) is 0 Å². The summed E-state index contributed by atoms with van der Waals surface area (Å²) in [5.41, 5.74) is 2.32. The first-order valence-corrected chi connectivity index (χ1v) is 7.91. The Balaban J connectivity index is 2.15. The number of rotatable bonds is 4. The zero-order valence-electron chi connectivity index (χ0n) is 10.4. The Bertz CT molecular complexity index is 555. The first-order chi connectivity index (χ1) is 9.11. The Kier molecular flexibility index (Phi) is 5.31. The first kappa shape index (κ1) is 14.9. The van der Waals surface area contributed by atoms with Crippen molar-refractivity contribution in [3.63, 3.8) is 0 Å². The van der Waals surface area contributed by atoms with Crippen LogP contribution in [0.1, 0.15) is 16.0 Å². The van der Waals surface area contributed by atoms with Crippen LogP contribution in [0.2, 0.25) is 5.02 Å². The van der Waals surface area contributed by atoms with E-state index >= 15 is 0 Å². The highest BCUT2D eigenvalue weighted by molar-refractivity contribution is 9.10. The summed E-state index contributed by atoms with van der Waals surface area (Å²) in [4.78, 5) is 0.186. The van der Waals surface area contributed by atoms with Crippen molar-refractivity contribution in [2.45, 2.75) is 11.2 Å². The van der Waals surface area contributed by atoms with Crippen molar-refractivity contribution < 1.29 is 4.74 Å². The van der Waals surface area contributed by atoms with Gasteiger partial charge >= 0.3 is 0 Å². The number of ether oxygens (including phenoxy) is 1. The van der Waals surface area contributed by atoms with E-state index in [1.54, 1.807) is 7.11 Å². The van der Waals surface area contributed by atoms with Gasteiger partial charge in [0.2, 0.25) is 0 Å². The Morgan fingerprint density at radius 1 is 1.16 bits per heavy atom. The molecule has 0 aliphatic rings. The number of hydrogen-bond donors (Lipinski definition) is 0. The van der Waals surface area contributed by atoms with Crippen molar-refractivity contribution in [2.24, 2.45) is 0 Å². The second kappa shape index (κ2) is 6.78. The smallest absolute Gasteiger partial charge is 0.118 e. The fourth-order valence-corrected chi connectivity index (χ4v) is 3.37. The van der Waals surface area contributed by atoms with Crippen molar-refractivity contribution in [1.82, 2.24) is 0 Å². The molecule has 100 valence electrons. The zero-order chi connectivity index (χ0) is 13.8. The fourth-order valence-electron chi connectivity index (χ4n) is 1.84. The molecule has 0 radical (unpaired) electrons. The quantitative estimate of drug-likeness (QED) is 0.586. The van der Waals surface area contributed by atoms with Gasteiger partial charge in [0.15, 0.2) is 0 Å². The molecule has 2 aromatic carbocycles. The largest absolute Gasteiger partial charge is 0.497 e. The van der Waals surface area contributed by atoms with E-state index < -0.39 is 0 Å². The molecule has 2 aromatic rings. The van der Waals surface area contributed by atoms with Crippen LogP contribution in [0.5, 0.6) is 5.75 Å². The predicted octanol–water partition coefficient (Wildman–Crippen LogP) is 5.79. The average molecular weight is 405 g/mol. The molecule has 0 fully saturated rings. The van der Waals surface area contributed by atoms with Gasteiger partial charge in [-0.2, -0.15) is 0 Å². The predicted molar refractivity (Wildman–Crippen MR) is 87.5 cm³/mol. The van der Waals surface area contributed by atoms with Crippen molar-refractivity contribution in [3.8, 4) is 5.75 Å². The Morgan fingerprint density at radius 3 is 2.47 bits per heavy atom. The molecule has 0 saturated carbocycles. The van der Waals surface area contributed by atoms with Gasteiger partial charge in [-0.1, -0.05) is 51.8 Å². The molecule has 0 heterocycles. The van der Waals surface area contributed by atoms with Crippen LogP contribution in [-0.4, -0.2) is 7.11 Å². The van der Waals surface area contributed by atoms with Crippen LogP contribution in [-0.2, 0) is 6.42 Å². The van der Waals surface area contributed by atoms with E-state index in [1.165, 1.54) is 5.56 Å². The standard InChI is InChI=1S/C15H13Br2ClO/c1-19-11-7-5-10(6-8-11)9-14(17)12-3-2-4-13(16)15(12)18/h2-8,14H,9H2,1H3. The molecule has 0 amide bonds. The van der Waals surface area contributed by atoms with E-state index in [0.717, 1.165) is 27.2 Å². The minimum atomic E-state index is 0.186. The molecule has 1 atom stereocenters. The van der Waals surface area contributed by atoms with Gasteiger partial charge in [-0.25, -0.2) is 0 Å². The number of hydrogen-bond acceptors (Lipinski definition) is 1. The second-order valence-electron chi connectivity index (χ2n) is 4.16. The van der Waals surface area contributed by atoms with Gasteiger partial charge in [-0.05, 0) is 51.7 Å². The molecule has 19 heavy (non-hydrogen) atoms. The van der Waals surface area contributed by atoms with Crippen LogP contribution < -0.4 is 4.74 Å². The molecule has 0 N–H and O–H groups in total. The van der Waals surface area contributed by atoms with Gasteiger partial charge < -0.3 is 4.74 Å². The Labute approximate surface area is 135 Å². The third-order valence-corrected chi connectivity index (χ3v) is 5.02. The van der Waals surface area contributed by atoms with Gasteiger partial charge in [0.05, 0.1) is 12.1 Å². The monoisotopic (exact) mass is 402 g/mol. The molecule has 1 unspecified atom stereocenters. The first-order valence-electron chi connectivity index (χ1n) is 5.82. The Morgan fingerprint density at radius 2 is 1.84 bits per heavy atom. The van der Waals surface area contributed by atoms with Crippen LogP contribution in [0.15, 0.2) is 46.9 Å². The molecule has 0 aromatic heterocycles. The van der Waals surface area contributed by atoms with Crippen molar-refractivity contribution >= 4 is 43.5 Å². The van der Waals surface area contributed by atoms with Crippen LogP contribution in [0.4, 0.5) is 0 Å². The van der Waals surface area contributed by atoms with Crippen molar-refractivity contribution in [3.05, 3.63) is 63.1 Å². The number of methoxy groups -OCH3 is 1. The lowest BCUT2D eigenvalue weighted by Crippen LogP contribution is -1.97. The third kappa shape index (κ3) is 3.74. The van der Waals surface area contributed by atoms with E-state index in [-0.39, 0.29) is 4.83 Å². The molecule has 0 spiro atoms. The van der Waals surface area contributed by atoms with E-state index in [0.29, 0.717) is 0 Å². The van der Waals surface area contributed by atoms with Crippen LogP contribution >= 0.6 is 43.5 Å². The fraction of sp³-hybridized carbons (Fsp3) is 0.200. The molecular weight excluding hydrogens is 391 g/mol. The summed E-state index contributed by atoms with van der Waals surface area (Å²) in [7, 11) is 1.67. The summed E-state index contributed by atoms with van der Waals surface area (Å²) < 4.78 is 6.08. The normalized spacial score (nSPS) is 12.2. The molecule has 1 nitrogen and oxygen atoms in total. The minimum absolute atomic E-state index is 0.186. The second-order valence-corrected chi connectivity index (χ2v) is 6.50. The lowest BCUT2D eigenvalue weighted by molar-refractivity contribution is 0.414. The molecule has 0 bridgehead atoms. The van der Waals surface area contributed by atoms with Crippen molar-refractivity contribution in [2.75, 3.05) is 7.11 Å². The van der Waals surface area contributed by atoms with E-state index in [4.69, 9.17) is 16.3 Å². The van der Waals surface area contributed by atoms with E-state index in [2.05, 4.69) is 44.0 Å². The summed E-state index contributed by atoms with van der Waals surface area (Å²) >= 11 is 13.5. The molecule has 2 rings (SSSR count). The maximum absolute atomic E-state index is 6.31. The van der Waals surface area contributed by atoms with Crippen LogP contribution in [0.25, 0.3) is 0 Å². The van der Waals surface area contributed by atoms with Gasteiger partial charge in [-0.15, -0.1) is 0 Å². The summed E-state index contributed by atoms with van der Waals surface area (Å²) in [6.45, 7) is 0. The molecule has 0 aliphatic carbocycles. The topological polar surface area (TPSA) is 9.23 Å². The lowest BCUT2D eigenvalue weighted by Gasteiger charge is -2.13. The summed E-state index contributed by atoms with van der Waals surface area (Å²) in [6, 6.07) is 14.1. The highest BCUT2D eigenvalue weighted by Crippen LogP contribution is 2.36. The molecule has 4 heteroatoms. The summed E-state index contributed by atoms with van der Waals surface area (Å²) in [5, 5.41) is 0.762. The summed E-state index contributed by atoms with van der Waals surface area (Å²) in [6.07, 6.45) is 0.875. The molecule has 0 aliphatic heterocycles. The maximum Gasteiger partial charge on any atom is 0.118 e. The van der Waals surface area contributed by atoms with Crippen LogP contribution in [0, 0.1) is 0 Å². The minimum Gasteiger partial charge on any atom is -0.497 e. The summed E-state index contributed by atoms with van der Waals surface area (Å²) in [5.74, 6) is 0.871.